The molecule has 1 atom stereocenters. The van der Waals surface area contributed by atoms with E-state index in [2.05, 4.69) is 34.1 Å². The van der Waals surface area contributed by atoms with E-state index in [0.717, 1.165) is 23.4 Å². The summed E-state index contributed by atoms with van der Waals surface area (Å²) in [7, 11) is 3.53. The normalized spacial score (nSPS) is 12.4. The van der Waals surface area contributed by atoms with Crippen LogP contribution in [0.15, 0.2) is 22.9 Å². The van der Waals surface area contributed by atoms with Gasteiger partial charge in [0.25, 0.3) is 0 Å². The van der Waals surface area contributed by atoms with Crippen molar-refractivity contribution >= 4 is 0 Å². The lowest BCUT2D eigenvalue weighted by atomic mass is 9.99. The molecule has 0 saturated carbocycles. The summed E-state index contributed by atoms with van der Waals surface area (Å²) in [6.45, 7) is 6.18. The van der Waals surface area contributed by atoms with Gasteiger partial charge >= 0.3 is 0 Å². The van der Waals surface area contributed by atoms with Gasteiger partial charge in [-0.25, -0.2) is 4.98 Å². The van der Waals surface area contributed by atoms with Gasteiger partial charge < -0.3 is 9.26 Å². The highest BCUT2D eigenvalue weighted by atomic mass is 16.5. The maximum Gasteiger partial charge on any atom is 0.230 e. The molecule has 0 saturated heterocycles. The number of ether oxygens (including phenoxy) is 1. The van der Waals surface area contributed by atoms with Gasteiger partial charge in [-0.15, -0.1) is 0 Å². The molecule has 0 aliphatic heterocycles. The first-order valence-electron chi connectivity index (χ1n) is 7.82. The molecule has 1 unspecified atom stereocenters. The zero-order valence-electron chi connectivity index (χ0n) is 14.6. The fourth-order valence-corrected chi connectivity index (χ4v) is 2.72. The minimum absolute atomic E-state index is 0.108. The number of hydrogen-bond acceptors (Lipinski definition) is 6. The third-order valence-corrected chi connectivity index (χ3v) is 4.23. The lowest BCUT2D eigenvalue weighted by molar-refractivity contribution is 0.358. The van der Waals surface area contributed by atoms with Gasteiger partial charge in [-0.1, -0.05) is 12.1 Å². The molecule has 0 fully saturated rings. The van der Waals surface area contributed by atoms with Crippen LogP contribution in [-0.2, 0) is 13.5 Å². The molecule has 0 aliphatic rings. The van der Waals surface area contributed by atoms with Gasteiger partial charge in [0.1, 0.15) is 0 Å². The van der Waals surface area contributed by atoms with Crippen molar-refractivity contribution in [2.75, 3.05) is 7.11 Å². The Kier molecular flexibility index (Phi) is 4.33. The number of rotatable bonds is 5. The van der Waals surface area contributed by atoms with E-state index in [1.807, 2.05) is 24.7 Å². The molecule has 3 aromatic rings. The number of aryl methyl sites for hydroxylation is 2. The van der Waals surface area contributed by atoms with Crippen molar-refractivity contribution in [1.82, 2.24) is 24.9 Å². The zero-order valence-corrected chi connectivity index (χ0v) is 14.6. The third kappa shape index (κ3) is 3.02. The summed E-state index contributed by atoms with van der Waals surface area (Å²) < 4.78 is 12.5. The van der Waals surface area contributed by atoms with Crippen molar-refractivity contribution in [2.45, 2.75) is 33.1 Å². The van der Waals surface area contributed by atoms with E-state index in [1.54, 1.807) is 19.4 Å². The van der Waals surface area contributed by atoms with E-state index in [-0.39, 0.29) is 5.92 Å². The predicted octanol–water partition coefficient (Wildman–Crippen LogP) is 2.84. The standard InChI is InChI=1S/C17H21N5O2/c1-10(8-14-11(2)20-22(4)12(14)3)17-19-16(21-24-17)13-6-7-18-15(9-13)23-5/h6-7,9-10H,8H2,1-5H3. The zero-order chi connectivity index (χ0) is 17.3. The molecule has 0 aliphatic carbocycles. The van der Waals surface area contributed by atoms with Gasteiger partial charge in [0.05, 0.1) is 12.8 Å². The Morgan fingerprint density at radius 1 is 1.33 bits per heavy atom. The minimum atomic E-state index is 0.108. The van der Waals surface area contributed by atoms with Crippen molar-refractivity contribution < 1.29 is 9.26 Å². The first-order chi connectivity index (χ1) is 11.5. The summed E-state index contributed by atoms with van der Waals surface area (Å²) >= 11 is 0. The molecule has 0 amide bonds. The van der Waals surface area contributed by atoms with Crippen LogP contribution in [0.5, 0.6) is 5.88 Å². The minimum Gasteiger partial charge on any atom is -0.481 e. The number of hydrogen-bond donors (Lipinski definition) is 0. The Labute approximate surface area is 140 Å². The van der Waals surface area contributed by atoms with E-state index in [1.165, 1.54) is 5.56 Å². The van der Waals surface area contributed by atoms with Crippen LogP contribution in [0.1, 0.15) is 35.7 Å². The maximum atomic E-state index is 5.46. The maximum absolute atomic E-state index is 5.46. The molecule has 0 spiro atoms. The van der Waals surface area contributed by atoms with Crippen molar-refractivity contribution in [1.29, 1.82) is 0 Å². The van der Waals surface area contributed by atoms with Crippen molar-refractivity contribution in [3.05, 3.63) is 41.2 Å². The predicted molar refractivity (Wildman–Crippen MR) is 88.9 cm³/mol. The molecule has 3 heterocycles. The van der Waals surface area contributed by atoms with Crippen LogP contribution < -0.4 is 4.74 Å². The second kappa shape index (κ2) is 6.43. The number of aromatic nitrogens is 5. The first-order valence-corrected chi connectivity index (χ1v) is 7.82. The summed E-state index contributed by atoms with van der Waals surface area (Å²) in [5.41, 5.74) is 4.26. The van der Waals surface area contributed by atoms with Gasteiger partial charge in [0.15, 0.2) is 0 Å². The van der Waals surface area contributed by atoms with Gasteiger partial charge in [-0.2, -0.15) is 10.1 Å². The second-order valence-corrected chi connectivity index (χ2v) is 5.92. The lowest BCUT2D eigenvalue weighted by Gasteiger charge is -2.07. The second-order valence-electron chi connectivity index (χ2n) is 5.92. The Morgan fingerprint density at radius 3 is 2.79 bits per heavy atom. The van der Waals surface area contributed by atoms with Crippen LogP contribution in [0.4, 0.5) is 0 Å². The molecule has 0 aromatic carbocycles. The Balaban J connectivity index is 1.82. The van der Waals surface area contributed by atoms with Gasteiger partial charge in [0, 0.05) is 36.5 Å². The SMILES string of the molecule is COc1cc(-c2noc(C(C)Cc3c(C)nn(C)c3C)n2)ccn1. The molecule has 126 valence electrons. The van der Waals surface area contributed by atoms with Crippen LogP contribution in [0.3, 0.4) is 0 Å². The fraction of sp³-hybridized carbons (Fsp3) is 0.412. The molecule has 0 N–H and O–H groups in total. The van der Waals surface area contributed by atoms with Crippen LogP contribution >= 0.6 is 0 Å². The molecule has 7 nitrogen and oxygen atoms in total. The Morgan fingerprint density at radius 2 is 2.12 bits per heavy atom. The Hall–Kier alpha value is -2.70. The highest BCUT2D eigenvalue weighted by Crippen LogP contribution is 2.25. The summed E-state index contributed by atoms with van der Waals surface area (Å²) in [4.78, 5) is 8.62. The van der Waals surface area contributed by atoms with E-state index in [9.17, 15) is 0 Å². The van der Waals surface area contributed by atoms with Gasteiger partial charge in [-0.3, -0.25) is 4.68 Å². The summed E-state index contributed by atoms with van der Waals surface area (Å²) in [6.07, 6.45) is 2.47. The topological polar surface area (TPSA) is 78.9 Å². The van der Waals surface area contributed by atoms with Crippen molar-refractivity contribution in [3.63, 3.8) is 0 Å². The number of methoxy groups -OCH3 is 1. The quantitative estimate of drug-likeness (QED) is 0.717. The van der Waals surface area contributed by atoms with Gasteiger partial charge in [0.2, 0.25) is 17.6 Å². The molecule has 3 rings (SSSR count). The van der Waals surface area contributed by atoms with Gasteiger partial charge in [-0.05, 0) is 31.9 Å². The number of pyridine rings is 1. The molecule has 3 aromatic heterocycles. The van der Waals surface area contributed by atoms with Crippen LogP contribution in [0.2, 0.25) is 0 Å². The summed E-state index contributed by atoms with van der Waals surface area (Å²) in [5.74, 6) is 1.78. The Bertz CT molecular complexity index is 853. The molecule has 24 heavy (non-hydrogen) atoms. The highest BCUT2D eigenvalue weighted by molar-refractivity contribution is 5.55. The smallest absolute Gasteiger partial charge is 0.230 e. The summed E-state index contributed by atoms with van der Waals surface area (Å²) in [5, 5.41) is 8.54. The first kappa shape index (κ1) is 16.2. The average molecular weight is 327 g/mol. The summed E-state index contributed by atoms with van der Waals surface area (Å²) in [6, 6.07) is 3.62. The van der Waals surface area contributed by atoms with E-state index in [0.29, 0.717) is 17.6 Å². The average Bonchev–Trinajstić information content (AvgIpc) is 3.16. The van der Waals surface area contributed by atoms with Crippen LogP contribution in [0.25, 0.3) is 11.4 Å². The number of nitrogens with zero attached hydrogens (tertiary/aromatic N) is 5. The monoisotopic (exact) mass is 327 g/mol. The fourth-order valence-electron chi connectivity index (χ4n) is 2.72. The largest absolute Gasteiger partial charge is 0.481 e. The van der Waals surface area contributed by atoms with E-state index < -0.39 is 0 Å². The third-order valence-electron chi connectivity index (χ3n) is 4.23. The molecule has 0 bridgehead atoms. The molecule has 0 radical (unpaired) electrons. The lowest BCUT2D eigenvalue weighted by Crippen LogP contribution is -2.02. The van der Waals surface area contributed by atoms with E-state index >= 15 is 0 Å². The van der Waals surface area contributed by atoms with Crippen LogP contribution in [0, 0.1) is 13.8 Å². The molecule has 7 heteroatoms. The molecular weight excluding hydrogens is 306 g/mol. The highest BCUT2D eigenvalue weighted by Gasteiger charge is 2.19. The van der Waals surface area contributed by atoms with Crippen molar-refractivity contribution in [2.24, 2.45) is 7.05 Å². The van der Waals surface area contributed by atoms with Crippen LogP contribution in [-0.4, -0.2) is 32.0 Å². The van der Waals surface area contributed by atoms with Crippen molar-refractivity contribution in [3.8, 4) is 17.3 Å². The molecular formula is C17H21N5O2. The van der Waals surface area contributed by atoms with E-state index in [4.69, 9.17) is 9.26 Å².